The molecule has 2 rings (SSSR count). The fraction of sp³-hybridized carbons (Fsp3) is 0.538. The Kier molecular flexibility index (Phi) is 4.53. The number of nitrogens with zero attached hydrogens (tertiary/aromatic N) is 2. The van der Waals surface area contributed by atoms with Crippen LogP contribution in [0, 0.1) is 17.2 Å². The molecule has 0 aliphatic carbocycles. The first-order valence-corrected chi connectivity index (χ1v) is 7.23. The molecular formula is C13H18N4OS. The van der Waals surface area contributed by atoms with Crippen molar-refractivity contribution >= 4 is 22.2 Å². The Bertz CT molecular complexity index is 493. The minimum absolute atomic E-state index is 0.0827. The Hall–Kier alpha value is -1.42. The van der Waals surface area contributed by atoms with E-state index in [0.717, 1.165) is 19.5 Å². The van der Waals surface area contributed by atoms with Gasteiger partial charge < -0.3 is 11.1 Å². The molecule has 1 aliphatic rings. The molecule has 1 saturated heterocycles. The van der Waals surface area contributed by atoms with Crippen LogP contribution in [0.15, 0.2) is 11.4 Å². The smallest absolute Gasteiger partial charge is 0.239 e. The minimum Gasteiger partial charge on any atom is -0.326 e. The summed E-state index contributed by atoms with van der Waals surface area (Å²) in [6.07, 6.45) is 1.02. The molecule has 5 nitrogen and oxygen atoms in total. The lowest BCUT2D eigenvalue weighted by molar-refractivity contribution is -0.117. The van der Waals surface area contributed by atoms with Crippen LogP contribution in [0.25, 0.3) is 0 Å². The van der Waals surface area contributed by atoms with Gasteiger partial charge in [-0.2, -0.15) is 5.26 Å². The number of rotatable bonds is 3. The fourth-order valence-corrected chi connectivity index (χ4v) is 2.93. The zero-order chi connectivity index (χ0) is 13.8. The van der Waals surface area contributed by atoms with Crippen LogP contribution in [0.4, 0.5) is 5.00 Å². The lowest BCUT2D eigenvalue weighted by atomic mass is 9.94. The Balaban J connectivity index is 1.87. The average molecular weight is 278 g/mol. The van der Waals surface area contributed by atoms with Gasteiger partial charge in [-0.1, -0.05) is 6.92 Å². The monoisotopic (exact) mass is 278 g/mol. The van der Waals surface area contributed by atoms with Crippen LogP contribution in [0.3, 0.4) is 0 Å². The normalized spacial score (nSPS) is 23.8. The maximum absolute atomic E-state index is 11.9. The van der Waals surface area contributed by atoms with Gasteiger partial charge in [-0.05, 0) is 30.3 Å². The number of hydrogen-bond donors (Lipinski definition) is 2. The second-order valence-corrected chi connectivity index (χ2v) is 5.90. The SMILES string of the molecule is CC1CCN(CC(=O)Nc2sccc2C#N)CC1N. The van der Waals surface area contributed by atoms with Crippen molar-refractivity contribution in [3.05, 3.63) is 17.0 Å². The first-order valence-electron chi connectivity index (χ1n) is 6.35. The summed E-state index contributed by atoms with van der Waals surface area (Å²) < 4.78 is 0. The molecule has 1 amide bonds. The first-order chi connectivity index (χ1) is 9.10. The standard InChI is InChI=1S/C13H18N4OS/c1-9-2-4-17(7-11(9)15)8-12(18)16-13-10(6-14)3-5-19-13/h3,5,9,11H,2,4,7-8,15H2,1H3,(H,16,18). The summed E-state index contributed by atoms with van der Waals surface area (Å²) in [5.41, 5.74) is 6.53. The van der Waals surface area contributed by atoms with E-state index in [0.29, 0.717) is 23.0 Å². The summed E-state index contributed by atoms with van der Waals surface area (Å²) in [6, 6.07) is 3.90. The summed E-state index contributed by atoms with van der Waals surface area (Å²) in [4.78, 5) is 14.0. The average Bonchev–Trinajstić information content (AvgIpc) is 2.81. The number of amides is 1. The van der Waals surface area contributed by atoms with Gasteiger partial charge in [-0.25, -0.2) is 0 Å². The van der Waals surface area contributed by atoms with Crippen LogP contribution in [0.5, 0.6) is 0 Å². The number of thiophene rings is 1. The van der Waals surface area contributed by atoms with Gasteiger partial charge in [0, 0.05) is 12.6 Å². The molecule has 2 heterocycles. The molecule has 2 unspecified atom stereocenters. The number of anilines is 1. The highest BCUT2D eigenvalue weighted by Gasteiger charge is 2.24. The quantitative estimate of drug-likeness (QED) is 0.871. The fourth-order valence-electron chi connectivity index (χ4n) is 2.18. The summed E-state index contributed by atoms with van der Waals surface area (Å²) in [6.45, 7) is 4.14. The molecule has 1 aromatic heterocycles. The van der Waals surface area contributed by atoms with E-state index in [1.54, 1.807) is 11.4 Å². The summed E-state index contributed by atoms with van der Waals surface area (Å²) in [5, 5.41) is 14.1. The minimum atomic E-state index is -0.0827. The zero-order valence-corrected chi connectivity index (χ0v) is 11.7. The highest BCUT2D eigenvalue weighted by Crippen LogP contribution is 2.22. The molecule has 2 atom stereocenters. The molecule has 1 aliphatic heterocycles. The number of nitriles is 1. The third-order valence-electron chi connectivity index (χ3n) is 3.51. The number of likely N-dealkylation sites (tertiary alicyclic amines) is 1. The predicted molar refractivity (Wildman–Crippen MR) is 75.9 cm³/mol. The van der Waals surface area contributed by atoms with E-state index in [9.17, 15) is 4.79 Å². The molecule has 0 aromatic carbocycles. The van der Waals surface area contributed by atoms with Crippen LogP contribution in [-0.4, -0.2) is 36.5 Å². The van der Waals surface area contributed by atoms with Gasteiger partial charge in [0.25, 0.3) is 0 Å². The Morgan fingerprint density at radius 1 is 1.74 bits per heavy atom. The zero-order valence-electron chi connectivity index (χ0n) is 10.9. The molecular weight excluding hydrogens is 260 g/mol. The van der Waals surface area contributed by atoms with Gasteiger partial charge in [0.05, 0.1) is 12.1 Å². The largest absolute Gasteiger partial charge is 0.326 e. The van der Waals surface area contributed by atoms with Crippen molar-refractivity contribution in [1.29, 1.82) is 5.26 Å². The molecule has 0 bridgehead atoms. The van der Waals surface area contributed by atoms with E-state index in [2.05, 4.69) is 23.2 Å². The van der Waals surface area contributed by atoms with Gasteiger partial charge in [-0.15, -0.1) is 11.3 Å². The highest BCUT2D eigenvalue weighted by molar-refractivity contribution is 7.14. The Labute approximate surface area is 117 Å². The van der Waals surface area contributed by atoms with Gasteiger partial charge in [0.1, 0.15) is 11.1 Å². The number of nitrogens with one attached hydrogen (secondary N) is 1. The second kappa shape index (κ2) is 6.15. The number of hydrogen-bond acceptors (Lipinski definition) is 5. The first kappa shape index (κ1) is 14.0. The van der Waals surface area contributed by atoms with E-state index >= 15 is 0 Å². The lowest BCUT2D eigenvalue weighted by Crippen LogP contribution is -2.49. The van der Waals surface area contributed by atoms with Crippen molar-refractivity contribution in [2.45, 2.75) is 19.4 Å². The van der Waals surface area contributed by atoms with Gasteiger partial charge in [0.2, 0.25) is 5.91 Å². The van der Waals surface area contributed by atoms with Gasteiger partial charge in [0.15, 0.2) is 0 Å². The van der Waals surface area contributed by atoms with E-state index in [1.165, 1.54) is 11.3 Å². The van der Waals surface area contributed by atoms with Crippen molar-refractivity contribution < 1.29 is 4.79 Å². The lowest BCUT2D eigenvalue weighted by Gasteiger charge is -2.34. The third-order valence-corrected chi connectivity index (χ3v) is 4.34. The van der Waals surface area contributed by atoms with E-state index in [4.69, 9.17) is 11.0 Å². The van der Waals surface area contributed by atoms with Gasteiger partial charge in [-0.3, -0.25) is 9.69 Å². The molecule has 1 aromatic rings. The Morgan fingerprint density at radius 2 is 2.53 bits per heavy atom. The summed E-state index contributed by atoms with van der Waals surface area (Å²) in [7, 11) is 0. The molecule has 0 spiro atoms. The van der Waals surface area contributed by atoms with E-state index in [-0.39, 0.29) is 11.9 Å². The number of carbonyl (C=O) groups is 1. The number of piperidine rings is 1. The number of nitrogens with two attached hydrogens (primary N) is 1. The summed E-state index contributed by atoms with van der Waals surface area (Å²) in [5.74, 6) is 0.433. The molecule has 0 radical (unpaired) electrons. The molecule has 3 N–H and O–H groups in total. The second-order valence-electron chi connectivity index (χ2n) is 4.99. The van der Waals surface area contributed by atoms with E-state index < -0.39 is 0 Å². The maximum Gasteiger partial charge on any atom is 0.239 e. The maximum atomic E-state index is 11.9. The van der Waals surface area contributed by atoms with Crippen LogP contribution < -0.4 is 11.1 Å². The highest BCUT2D eigenvalue weighted by atomic mass is 32.1. The van der Waals surface area contributed by atoms with Crippen molar-refractivity contribution in [3.8, 4) is 6.07 Å². The molecule has 0 saturated carbocycles. The van der Waals surface area contributed by atoms with Crippen molar-refractivity contribution in [2.75, 3.05) is 25.0 Å². The van der Waals surface area contributed by atoms with E-state index in [1.807, 2.05) is 0 Å². The van der Waals surface area contributed by atoms with Crippen LogP contribution in [0.1, 0.15) is 18.9 Å². The molecule has 19 heavy (non-hydrogen) atoms. The van der Waals surface area contributed by atoms with Gasteiger partial charge >= 0.3 is 0 Å². The topological polar surface area (TPSA) is 82.2 Å². The van der Waals surface area contributed by atoms with Crippen LogP contribution in [0.2, 0.25) is 0 Å². The van der Waals surface area contributed by atoms with Crippen molar-refractivity contribution in [1.82, 2.24) is 4.90 Å². The molecule has 6 heteroatoms. The predicted octanol–water partition coefficient (Wildman–Crippen LogP) is 1.23. The third kappa shape index (κ3) is 3.53. The van der Waals surface area contributed by atoms with Crippen LogP contribution in [-0.2, 0) is 4.79 Å². The molecule has 102 valence electrons. The van der Waals surface area contributed by atoms with Crippen molar-refractivity contribution in [3.63, 3.8) is 0 Å². The van der Waals surface area contributed by atoms with Crippen LogP contribution >= 0.6 is 11.3 Å². The van der Waals surface area contributed by atoms with Crippen molar-refractivity contribution in [2.24, 2.45) is 11.7 Å². The summed E-state index contributed by atoms with van der Waals surface area (Å²) >= 11 is 1.37. The Morgan fingerprint density at radius 3 is 3.21 bits per heavy atom. The molecule has 1 fully saturated rings. The number of carbonyl (C=O) groups excluding carboxylic acids is 1.